The zero-order chi connectivity index (χ0) is 9.12. The molecule has 0 bridgehead atoms. The molecule has 0 aromatic carbocycles. The first-order valence-electron chi connectivity index (χ1n) is 4.13. The quantitative estimate of drug-likeness (QED) is 0.681. The van der Waals surface area contributed by atoms with Crippen LogP contribution in [0.25, 0.3) is 0 Å². The molecule has 0 fully saturated rings. The summed E-state index contributed by atoms with van der Waals surface area (Å²) >= 11 is 0. The van der Waals surface area contributed by atoms with Crippen molar-refractivity contribution in [3.05, 3.63) is 0 Å². The van der Waals surface area contributed by atoms with Gasteiger partial charge >= 0.3 is 0 Å². The molecule has 0 aliphatic carbocycles. The second-order valence-electron chi connectivity index (χ2n) is 4.18. The van der Waals surface area contributed by atoms with Crippen LogP contribution in [0.2, 0.25) is 0 Å². The minimum absolute atomic E-state index is 0.215. The van der Waals surface area contributed by atoms with Gasteiger partial charge in [0.05, 0.1) is 11.2 Å². The lowest BCUT2D eigenvalue weighted by Gasteiger charge is -2.31. The summed E-state index contributed by atoms with van der Waals surface area (Å²) < 4.78 is 5.45. The van der Waals surface area contributed by atoms with Gasteiger partial charge in [-0.1, -0.05) is 0 Å². The van der Waals surface area contributed by atoms with E-state index in [0.717, 1.165) is 0 Å². The second-order valence-corrected chi connectivity index (χ2v) is 4.18. The standard InChI is InChI=1S/C9H20O2/c1-6-11-9(4,5)7-8(2,3)10/h10H,6-7H2,1-5H3. The summed E-state index contributed by atoms with van der Waals surface area (Å²) in [6.45, 7) is 10.2. The lowest BCUT2D eigenvalue weighted by atomic mass is 9.92. The summed E-state index contributed by atoms with van der Waals surface area (Å²) in [5.41, 5.74) is -0.855. The van der Waals surface area contributed by atoms with Crippen LogP contribution in [-0.4, -0.2) is 22.9 Å². The topological polar surface area (TPSA) is 29.5 Å². The Balaban J connectivity index is 3.91. The highest BCUT2D eigenvalue weighted by molar-refractivity contribution is 4.78. The molecule has 0 aromatic rings. The average molecular weight is 160 g/mol. The third kappa shape index (κ3) is 6.32. The van der Waals surface area contributed by atoms with Crippen LogP contribution in [-0.2, 0) is 4.74 Å². The molecule has 0 rings (SSSR count). The van der Waals surface area contributed by atoms with Crippen molar-refractivity contribution in [1.82, 2.24) is 0 Å². The number of hydrogen-bond acceptors (Lipinski definition) is 2. The molecule has 0 spiro atoms. The highest BCUT2D eigenvalue weighted by Gasteiger charge is 2.26. The Morgan fingerprint density at radius 1 is 1.18 bits per heavy atom. The first-order valence-corrected chi connectivity index (χ1v) is 4.13. The fourth-order valence-electron chi connectivity index (χ4n) is 1.48. The molecular formula is C9H20O2. The van der Waals surface area contributed by atoms with Crippen LogP contribution in [0.3, 0.4) is 0 Å². The van der Waals surface area contributed by atoms with Gasteiger partial charge in [0.15, 0.2) is 0 Å². The highest BCUT2D eigenvalue weighted by atomic mass is 16.5. The van der Waals surface area contributed by atoms with Crippen molar-refractivity contribution in [3.63, 3.8) is 0 Å². The Kier molecular flexibility index (Phi) is 3.52. The maximum absolute atomic E-state index is 9.50. The molecule has 0 aliphatic heterocycles. The van der Waals surface area contributed by atoms with Crippen molar-refractivity contribution in [1.29, 1.82) is 0 Å². The molecular weight excluding hydrogens is 140 g/mol. The Morgan fingerprint density at radius 3 is 1.91 bits per heavy atom. The number of aliphatic hydroxyl groups is 1. The van der Waals surface area contributed by atoms with Crippen LogP contribution >= 0.6 is 0 Å². The first-order chi connectivity index (χ1) is 4.77. The molecule has 68 valence electrons. The maximum Gasteiger partial charge on any atom is 0.0653 e. The third-order valence-electron chi connectivity index (χ3n) is 1.39. The van der Waals surface area contributed by atoms with Gasteiger partial charge in [0, 0.05) is 13.0 Å². The number of hydrogen-bond donors (Lipinski definition) is 1. The summed E-state index contributed by atoms with van der Waals surface area (Å²) in [5, 5.41) is 9.50. The fraction of sp³-hybridized carbons (Fsp3) is 1.00. The van der Waals surface area contributed by atoms with E-state index in [-0.39, 0.29) is 5.60 Å². The van der Waals surface area contributed by atoms with E-state index in [1.165, 1.54) is 0 Å². The largest absolute Gasteiger partial charge is 0.390 e. The summed E-state index contributed by atoms with van der Waals surface area (Å²) in [4.78, 5) is 0. The van der Waals surface area contributed by atoms with Crippen molar-refractivity contribution in [2.24, 2.45) is 0 Å². The van der Waals surface area contributed by atoms with Crippen LogP contribution in [0, 0.1) is 0 Å². The Hall–Kier alpha value is -0.0800. The van der Waals surface area contributed by atoms with Gasteiger partial charge in [0.1, 0.15) is 0 Å². The number of ether oxygens (including phenoxy) is 1. The molecule has 0 aromatic heterocycles. The molecule has 0 saturated carbocycles. The minimum atomic E-state index is -0.640. The van der Waals surface area contributed by atoms with E-state index in [2.05, 4.69) is 0 Å². The molecule has 0 unspecified atom stereocenters. The average Bonchev–Trinajstić information content (AvgIpc) is 1.55. The van der Waals surface area contributed by atoms with Crippen molar-refractivity contribution in [2.75, 3.05) is 6.61 Å². The smallest absolute Gasteiger partial charge is 0.0653 e. The minimum Gasteiger partial charge on any atom is -0.390 e. The first kappa shape index (κ1) is 10.9. The van der Waals surface area contributed by atoms with E-state index in [4.69, 9.17) is 4.74 Å². The monoisotopic (exact) mass is 160 g/mol. The van der Waals surface area contributed by atoms with Crippen LogP contribution in [0.1, 0.15) is 41.0 Å². The lowest BCUT2D eigenvalue weighted by molar-refractivity contribution is -0.0684. The van der Waals surface area contributed by atoms with E-state index >= 15 is 0 Å². The third-order valence-corrected chi connectivity index (χ3v) is 1.39. The van der Waals surface area contributed by atoms with Crippen LogP contribution < -0.4 is 0 Å². The predicted molar refractivity (Wildman–Crippen MR) is 46.6 cm³/mol. The molecule has 0 amide bonds. The normalized spacial score (nSPS) is 13.6. The molecule has 0 saturated heterocycles. The zero-order valence-corrected chi connectivity index (χ0v) is 8.27. The van der Waals surface area contributed by atoms with Gasteiger partial charge in [-0.2, -0.15) is 0 Å². The summed E-state index contributed by atoms with van der Waals surface area (Å²) in [5.74, 6) is 0. The molecule has 0 atom stereocenters. The molecule has 0 heterocycles. The van der Waals surface area contributed by atoms with Gasteiger partial charge in [0.25, 0.3) is 0 Å². The van der Waals surface area contributed by atoms with Gasteiger partial charge in [-0.3, -0.25) is 0 Å². The SMILES string of the molecule is CCOC(C)(C)CC(C)(C)O. The molecule has 1 N–H and O–H groups in total. The van der Waals surface area contributed by atoms with Crippen molar-refractivity contribution >= 4 is 0 Å². The van der Waals surface area contributed by atoms with E-state index in [0.29, 0.717) is 13.0 Å². The van der Waals surface area contributed by atoms with Crippen molar-refractivity contribution in [2.45, 2.75) is 52.2 Å². The Bertz CT molecular complexity index is 111. The molecule has 0 radical (unpaired) electrons. The van der Waals surface area contributed by atoms with Crippen LogP contribution in [0.15, 0.2) is 0 Å². The van der Waals surface area contributed by atoms with Gasteiger partial charge in [-0.05, 0) is 34.6 Å². The van der Waals surface area contributed by atoms with E-state index in [1.54, 1.807) is 13.8 Å². The lowest BCUT2D eigenvalue weighted by Crippen LogP contribution is -2.35. The van der Waals surface area contributed by atoms with Gasteiger partial charge in [-0.15, -0.1) is 0 Å². The predicted octanol–water partition coefficient (Wildman–Crippen LogP) is 1.96. The van der Waals surface area contributed by atoms with E-state index in [9.17, 15) is 5.11 Å². The van der Waals surface area contributed by atoms with Crippen LogP contribution in [0.5, 0.6) is 0 Å². The zero-order valence-electron chi connectivity index (χ0n) is 8.27. The van der Waals surface area contributed by atoms with Crippen molar-refractivity contribution < 1.29 is 9.84 Å². The summed E-state index contributed by atoms with van der Waals surface area (Å²) in [6, 6.07) is 0. The molecule has 2 heteroatoms. The summed E-state index contributed by atoms with van der Waals surface area (Å²) in [7, 11) is 0. The summed E-state index contributed by atoms with van der Waals surface area (Å²) in [6.07, 6.45) is 0.661. The second kappa shape index (κ2) is 3.55. The molecule has 0 aliphatic rings. The molecule has 11 heavy (non-hydrogen) atoms. The van der Waals surface area contributed by atoms with Crippen LogP contribution in [0.4, 0.5) is 0 Å². The van der Waals surface area contributed by atoms with E-state index in [1.807, 2.05) is 20.8 Å². The maximum atomic E-state index is 9.50. The highest BCUT2D eigenvalue weighted by Crippen LogP contribution is 2.22. The fourth-order valence-corrected chi connectivity index (χ4v) is 1.48. The van der Waals surface area contributed by atoms with Gasteiger partial charge in [0.2, 0.25) is 0 Å². The van der Waals surface area contributed by atoms with Gasteiger partial charge < -0.3 is 9.84 Å². The Morgan fingerprint density at radius 2 is 1.64 bits per heavy atom. The van der Waals surface area contributed by atoms with Crippen molar-refractivity contribution in [3.8, 4) is 0 Å². The van der Waals surface area contributed by atoms with E-state index < -0.39 is 5.60 Å². The molecule has 2 nitrogen and oxygen atoms in total. The Labute approximate surface area is 69.6 Å². The number of rotatable bonds is 4. The van der Waals surface area contributed by atoms with Gasteiger partial charge in [-0.25, -0.2) is 0 Å².